The number of furan rings is 1. The van der Waals surface area contributed by atoms with Crippen molar-refractivity contribution in [3.63, 3.8) is 0 Å². The molecule has 1 saturated heterocycles. The number of nitrogens with zero attached hydrogens (tertiary/aromatic N) is 2. The number of nitrogens with two attached hydrogens (primary N) is 1. The molecular formula is C21H25ClN4O2SSi. The predicted molar refractivity (Wildman–Crippen MR) is 125 cm³/mol. The monoisotopic (exact) mass is 460 g/mol. The van der Waals surface area contributed by atoms with E-state index in [0.717, 1.165) is 32.8 Å². The van der Waals surface area contributed by atoms with Gasteiger partial charge >= 0.3 is 0 Å². The van der Waals surface area contributed by atoms with Crippen LogP contribution in [0, 0.1) is 11.5 Å². The summed E-state index contributed by atoms with van der Waals surface area (Å²) in [5.74, 6) is 5.14. The van der Waals surface area contributed by atoms with Gasteiger partial charge in [-0.2, -0.15) is 4.98 Å². The highest BCUT2D eigenvalue weighted by Gasteiger charge is 2.30. The lowest BCUT2D eigenvalue weighted by Gasteiger charge is -2.28. The molecule has 0 spiro atoms. The summed E-state index contributed by atoms with van der Waals surface area (Å²) in [7, 11) is -1.59. The highest BCUT2D eigenvalue weighted by Crippen LogP contribution is 2.41. The van der Waals surface area contributed by atoms with Crippen LogP contribution < -0.4 is 11.1 Å². The van der Waals surface area contributed by atoms with Crippen LogP contribution in [0.4, 0.5) is 5.82 Å². The summed E-state index contributed by atoms with van der Waals surface area (Å²) in [4.78, 5) is 10.2. The molecule has 3 N–H and O–H groups in total. The Labute approximate surface area is 186 Å². The minimum absolute atomic E-state index is 0.0674. The van der Waals surface area contributed by atoms with Gasteiger partial charge in [-0.3, -0.25) is 0 Å². The summed E-state index contributed by atoms with van der Waals surface area (Å²) >= 11 is 7.96. The van der Waals surface area contributed by atoms with Crippen molar-refractivity contribution in [2.75, 3.05) is 18.5 Å². The molecule has 0 saturated carbocycles. The molecule has 0 radical (unpaired) electrons. The van der Waals surface area contributed by atoms with E-state index in [1.807, 2.05) is 12.1 Å². The molecule has 1 aliphatic rings. The summed E-state index contributed by atoms with van der Waals surface area (Å²) in [6.45, 7) is 8.45. The fourth-order valence-corrected chi connectivity index (χ4v) is 5.43. The molecule has 4 rings (SSSR count). The molecule has 6 nitrogen and oxygen atoms in total. The van der Waals surface area contributed by atoms with Crippen LogP contribution in [0.15, 0.2) is 22.8 Å². The van der Waals surface area contributed by atoms with Crippen molar-refractivity contribution in [3.8, 4) is 11.5 Å². The number of ether oxygens (including phenoxy) is 1. The highest BCUT2D eigenvalue weighted by molar-refractivity contribution is 7.20. The van der Waals surface area contributed by atoms with Crippen LogP contribution in [-0.2, 0) is 11.3 Å². The van der Waals surface area contributed by atoms with E-state index in [1.54, 1.807) is 17.6 Å². The van der Waals surface area contributed by atoms with E-state index in [4.69, 9.17) is 26.5 Å². The number of halogens is 1. The van der Waals surface area contributed by atoms with Gasteiger partial charge in [0.25, 0.3) is 0 Å². The van der Waals surface area contributed by atoms with Crippen molar-refractivity contribution < 1.29 is 9.15 Å². The zero-order valence-electron chi connectivity index (χ0n) is 17.3. The average Bonchev–Trinajstić information content (AvgIpc) is 3.32. The average molecular weight is 461 g/mol. The molecule has 9 heteroatoms. The normalized spacial score (nSPS) is 19.5. The summed E-state index contributed by atoms with van der Waals surface area (Å²) < 4.78 is 11.9. The lowest BCUT2D eigenvalue weighted by Crippen LogP contribution is -2.37. The number of thiophene rings is 1. The third-order valence-electron chi connectivity index (χ3n) is 4.84. The van der Waals surface area contributed by atoms with E-state index in [1.165, 1.54) is 0 Å². The van der Waals surface area contributed by atoms with Gasteiger partial charge < -0.3 is 20.2 Å². The summed E-state index contributed by atoms with van der Waals surface area (Å²) in [5, 5.41) is 3.54. The number of fused-ring (bicyclic) bond motifs is 1. The van der Waals surface area contributed by atoms with Crippen LogP contribution in [0.25, 0.3) is 10.2 Å². The van der Waals surface area contributed by atoms with E-state index in [0.29, 0.717) is 25.6 Å². The third kappa shape index (κ3) is 4.71. The van der Waals surface area contributed by atoms with Crippen molar-refractivity contribution in [1.29, 1.82) is 0 Å². The minimum Gasteiger partial charge on any atom is -0.467 e. The maximum Gasteiger partial charge on any atom is 0.225 e. The van der Waals surface area contributed by atoms with E-state index in [2.05, 4.69) is 46.4 Å². The topological polar surface area (TPSA) is 86.2 Å². The van der Waals surface area contributed by atoms with Crippen LogP contribution in [0.1, 0.15) is 28.5 Å². The Hall–Kier alpha value is -1.89. The maximum atomic E-state index is 6.43. The molecule has 0 bridgehead atoms. The van der Waals surface area contributed by atoms with Gasteiger partial charge in [0.1, 0.15) is 25.2 Å². The Balaban J connectivity index is 1.83. The Kier molecular flexibility index (Phi) is 6.18. The predicted octanol–water partition coefficient (Wildman–Crippen LogP) is 4.61. The van der Waals surface area contributed by atoms with Gasteiger partial charge in [0.05, 0.1) is 29.7 Å². The second-order valence-electron chi connectivity index (χ2n) is 8.43. The van der Waals surface area contributed by atoms with Gasteiger partial charge in [-0.1, -0.05) is 25.6 Å². The summed E-state index contributed by atoms with van der Waals surface area (Å²) in [6, 6.07) is 3.71. The van der Waals surface area contributed by atoms with Gasteiger partial charge in [0.15, 0.2) is 0 Å². The Morgan fingerprint density at radius 1 is 1.37 bits per heavy atom. The molecule has 4 heterocycles. The van der Waals surface area contributed by atoms with Crippen LogP contribution >= 0.6 is 22.9 Å². The van der Waals surface area contributed by atoms with Gasteiger partial charge in [-0.05, 0) is 30.2 Å². The maximum absolute atomic E-state index is 6.43. The molecule has 1 aliphatic heterocycles. The minimum atomic E-state index is -1.59. The SMILES string of the molecule is C[Si](C)(C)C#Cc1c([C@@H]2CCOC[C@H]2N)sc2c(NCc3ccco3)nc(Cl)nc12. The zero-order valence-corrected chi connectivity index (χ0v) is 19.9. The van der Waals surface area contributed by atoms with Crippen LogP contribution in [0.3, 0.4) is 0 Å². The van der Waals surface area contributed by atoms with Gasteiger partial charge in [-0.25, -0.2) is 4.98 Å². The van der Waals surface area contributed by atoms with Crippen LogP contribution in [-0.4, -0.2) is 37.3 Å². The molecule has 0 amide bonds. The van der Waals surface area contributed by atoms with Crippen molar-refractivity contribution >= 4 is 47.0 Å². The number of anilines is 1. The quantitative estimate of drug-likeness (QED) is 0.336. The number of hydrogen-bond acceptors (Lipinski definition) is 7. The van der Waals surface area contributed by atoms with E-state index in [9.17, 15) is 0 Å². The first kappa shape index (κ1) is 21.3. The van der Waals surface area contributed by atoms with E-state index in [-0.39, 0.29) is 17.2 Å². The second-order valence-corrected chi connectivity index (χ2v) is 14.6. The number of rotatable bonds is 4. The first-order chi connectivity index (χ1) is 14.3. The van der Waals surface area contributed by atoms with Crippen LogP contribution in [0.5, 0.6) is 0 Å². The summed E-state index contributed by atoms with van der Waals surface area (Å²) in [6.07, 6.45) is 2.52. The van der Waals surface area contributed by atoms with Crippen molar-refractivity contribution in [2.24, 2.45) is 5.73 Å². The van der Waals surface area contributed by atoms with E-state index < -0.39 is 8.07 Å². The Morgan fingerprint density at radius 2 is 2.20 bits per heavy atom. The fourth-order valence-electron chi connectivity index (χ4n) is 3.39. The molecule has 2 atom stereocenters. The van der Waals surface area contributed by atoms with Crippen LogP contribution in [0.2, 0.25) is 24.9 Å². The number of hydrogen-bond donors (Lipinski definition) is 2. The molecule has 3 aromatic rings. The second kappa shape index (κ2) is 8.69. The first-order valence-electron chi connectivity index (χ1n) is 9.94. The molecule has 1 fully saturated rings. The standard InChI is InChI=1S/C21H25ClN4O2SSi/c1-30(2,3)10-7-15-17-19(29-18(15)14-6-9-27-12-16(14)23)20(26-21(22)25-17)24-11-13-5-4-8-28-13/h4-5,8,14,16H,6,9,11-12,23H2,1-3H3,(H,24,25,26)/t14-,16-/m1/s1. The Morgan fingerprint density at radius 3 is 2.90 bits per heavy atom. The van der Waals surface area contributed by atoms with Gasteiger partial charge in [-0.15, -0.1) is 16.9 Å². The molecular weight excluding hydrogens is 436 g/mol. The zero-order chi connectivity index (χ0) is 21.3. The molecule has 158 valence electrons. The Bertz CT molecular complexity index is 1100. The molecule has 0 aromatic carbocycles. The van der Waals surface area contributed by atoms with E-state index >= 15 is 0 Å². The van der Waals surface area contributed by atoms with Crippen molar-refractivity contribution in [1.82, 2.24) is 9.97 Å². The van der Waals surface area contributed by atoms with Crippen molar-refractivity contribution in [3.05, 3.63) is 39.9 Å². The molecule has 30 heavy (non-hydrogen) atoms. The smallest absolute Gasteiger partial charge is 0.225 e. The number of nitrogens with one attached hydrogen (secondary N) is 1. The van der Waals surface area contributed by atoms with Crippen molar-refractivity contribution in [2.45, 2.75) is 44.6 Å². The summed E-state index contributed by atoms with van der Waals surface area (Å²) in [5.41, 5.74) is 11.6. The fraction of sp³-hybridized carbons (Fsp3) is 0.429. The van der Waals surface area contributed by atoms with Gasteiger partial charge in [0, 0.05) is 23.4 Å². The largest absolute Gasteiger partial charge is 0.467 e. The molecule has 3 aromatic heterocycles. The lowest BCUT2D eigenvalue weighted by molar-refractivity contribution is 0.0703. The van der Waals surface area contributed by atoms with Gasteiger partial charge in [0.2, 0.25) is 5.28 Å². The highest BCUT2D eigenvalue weighted by atomic mass is 35.5. The first-order valence-corrected chi connectivity index (χ1v) is 14.6. The molecule has 0 aliphatic carbocycles. The molecule has 0 unspecified atom stereocenters. The lowest BCUT2D eigenvalue weighted by atomic mass is 9.91. The number of aromatic nitrogens is 2. The third-order valence-corrected chi connectivity index (χ3v) is 7.20.